The quantitative estimate of drug-likeness (QED) is 0.737. The molecule has 2 heterocycles. The van der Waals surface area contributed by atoms with Gasteiger partial charge in [-0.05, 0) is 25.1 Å². The third kappa shape index (κ3) is 2.05. The van der Waals surface area contributed by atoms with Crippen molar-refractivity contribution < 1.29 is 0 Å². The molecular formula is C14H14N4. The van der Waals surface area contributed by atoms with E-state index in [0.717, 1.165) is 22.3 Å². The van der Waals surface area contributed by atoms with Crippen molar-refractivity contribution in [1.82, 2.24) is 15.2 Å². The highest BCUT2D eigenvalue weighted by Gasteiger charge is 2.06. The number of hydrogen-bond acceptors (Lipinski definition) is 3. The highest BCUT2D eigenvalue weighted by molar-refractivity contribution is 5.81. The summed E-state index contributed by atoms with van der Waals surface area (Å²) in [6.07, 6.45) is 3.61. The molecule has 1 unspecified atom stereocenters. The fourth-order valence-corrected chi connectivity index (χ4v) is 1.99. The molecule has 0 saturated carbocycles. The lowest BCUT2D eigenvalue weighted by Crippen LogP contribution is -2.07. The van der Waals surface area contributed by atoms with Gasteiger partial charge in [-0.15, -0.1) is 0 Å². The molecule has 0 aliphatic rings. The van der Waals surface area contributed by atoms with Crippen LogP contribution >= 0.6 is 0 Å². The first kappa shape index (κ1) is 10.8. The molecule has 1 aromatic carbocycles. The maximum atomic E-state index is 4.43. The van der Waals surface area contributed by atoms with Crippen LogP contribution in [0.4, 0.5) is 5.69 Å². The van der Waals surface area contributed by atoms with Crippen LogP contribution < -0.4 is 5.32 Å². The molecule has 2 N–H and O–H groups in total. The minimum absolute atomic E-state index is 0.176. The lowest BCUT2D eigenvalue weighted by atomic mass is 10.2. The molecule has 0 radical (unpaired) electrons. The Morgan fingerprint density at radius 3 is 2.94 bits per heavy atom. The van der Waals surface area contributed by atoms with E-state index in [1.165, 1.54) is 0 Å². The molecule has 0 amide bonds. The molecule has 0 aliphatic heterocycles. The van der Waals surface area contributed by atoms with Crippen molar-refractivity contribution in [2.24, 2.45) is 0 Å². The van der Waals surface area contributed by atoms with Crippen LogP contribution in [-0.4, -0.2) is 15.2 Å². The average molecular weight is 238 g/mol. The van der Waals surface area contributed by atoms with E-state index in [9.17, 15) is 0 Å². The first-order chi connectivity index (χ1) is 8.83. The average Bonchev–Trinajstić information content (AvgIpc) is 2.92. The zero-order chi connectivity index (χ0) is 12.4. The number of hydrogen-bond donors (Lipinski definition) is 2. The van der Waals surface area contributed by atoms with Gasteiger partial charge < -0.3 is 5.32 Å². The van der Waals surface area contributed by atoms with E-state index in [4.69, 9.17) is 0 Å². The monoisotopic (exact) mass is 238 g/mol. The standard InChI is InChI=1S/C14H14N4/c1-10(13-6-7-16-18-13)17-12-8-11-4-2-3-5-14(11)15-9-12/h2-10,17H,1H3,(H,16,18). The minimum Gasteiger partial charge on any atom is -0.376 e. The zero-order valence-electron chi connectivity index (χ0n) is 10.1. The van der Waals surface area contributed by atoms with Gasteiger partial charge in [0.05, 0.1) is 29.1 Å². The van der Waals surface area contributed by atoms with Crippen molar-refractivity contribution in [3.05, 3.63) is 54.5 Å². The normalized spacial score (nSPS) is 12.5. The van der Waals surface area contributed by atoms with E-state index in [-0.39, 0.29) is 6.04 Å². The molecule has 3 rings (SSSR count). The van der Waals surface area contributed by atoms with E-state index in [2.05, 4.69) is 39.6 Å². The third-order valence-electron chi connectivity index (χ3n) is 2.96. The second-order valence-corrected chi connectivity index (χ2v) is 4.29. The van der Waals surface area contributed by atoms with Crippen molar-refractivity contribution >= 4 is 16.6 Å². The Hall–Kier alpha value is -2.36. The molecule has 0 saturated heterocycles. The van der Waals surface area contributed by atoms with Crippen LogP contribution in [0, 0.1) is 0 Å². The Labute approximate surface area is 105 Å². The molecule has 4 heteroatoms. The second-order valence-electron chi connectivity index (χ2n) is 4.29. The Kier molecular flexibility index (Phi) is 2.68. The number of aromatic amines is 1. The summed E-state index contributed by atoms with van der Waals surface area (Å²) in [5, 5.41) is 11.5. The Morgan fingerprint density at radius 1 is 1.22 bits per heavy atom. The number of fused-ring (bicyclic) bond motifs is 1. The summed E-state index contributed by atoms with van der Waals surface area (Å²) >= 11 is 0. The highest BCUT2D eigenvalue weighted by atomic mass is 15.1. The van der Waals surface area contributed by atoms with Crippen molar-refractivity contribution in [2.75, 3.05) is 5.32 Å². The summed E-state index contributed by atoms with van der Waals surface area (Å²) < 4.78 is 0. The lowest BCUT2D eigenvalue weighted by Gasteiger charge is -2.13. The molecule has 0 bridgehead atoms. The van der Waals surface area contributed by atoms with E-state index >= 15 is 0 Å². The van der Waals surface area contributed by atoms with Crippen molar-refractivity contribution in [2.45, 2.75) is 13.0 Å². The van der Waals surface area contributed by atoms with Crippen molar-refractivity contribution in [3.8, 4) is 0 Å². The van der Waals surface area contributed by atoms with Gasteiger partial charge in [0.25, 0.3) is 0 Å². The van der Waals surface area contributed by atoms with Gasteiger partial charge in [-0.1, -0.05) is 18.2 Å². The Balaban J connectivity index is 1.86. The van der Waals surface area contributed by atoms with Crippen LogP contribution in [0.3, 0.4) is 0 Å². The predicted octanol–water partition coefficient (Wildman–Crippen LogP) is 3.13. The van der Waals surface area contributed by atoms with Gasteiger partial charge in [-0.25, -0.2) is 0 Å². The van der Waals surface area contributed by atoms with E-state index in [1.54, 1.807) is 6.20 Å². The highest BCUT2D eigenvalue weighted by Crippen LogP contribution is 2.20. The van der Waals surface area contributed by atoms with Crippen LogP contribution in [0.15, 0.2) is 48.8 Å². The maximum Gasteiger partial charge on any atom is 0.0703 e. The number of para-hydroxylation sites is 1. The number of aromatic nitrogens is 3. The first-order valence-electron chi connectivity index (χ1n) is 5.93. The smallest absolute Gasteiger partial charge is 0.0703 e. The summed E-state index contributed by atoms with van der Waals surface area (Å²) in [7, 11) is 0. The number of H-pyrrole nitrogens is 1. The molecule has 1 atom stereocenters. The summed E-state index contributed by atoms with van der Waals surface area (Å²) in [6, 6.07) is 12.3. The van der Waals surface area contributed by atoms with Gasteiger partial charge in [0.2, 0.25) is 0 Å². The topological polar surface area (TPSA) is 53.6 Å². The molecule has 2 aromatic heterocycles. The molecule has 18 heavy (non-hydrogen) atoms. The number of nitrogens with zero attached hydrogens (tertiary/aromatic N) is 2. The lowest BCUT2D eigenvalue weighted by molar-refractivity contribution is 0.825. The van der Waals surface area contributed by atoms with Gasteiger partial charge in [-0.2, -0.15) is 5.10 Å². The molecule has 3 aromatic rings. The zero-order valence-corrected chi connectivity index (χ0v) is 10.1. The van der Waals surface area contributed by atoms with Crippen molar-refractivity contribution in [1.29, 1.82) is 0 Å². The van der Waals surface area contributed by atoms with Gasteiger partial charge in [0.1, 0.15) is 0 Å². The van der Waals surface area contributed by atoms with Crippen molar-refractivity contribution in [3.63, 3.8) is 0 Å². The van der Waals surface area contributed by atoms with Gasteiger partial charge in [0, 0.05) is 11.6 Å². The predicted molar refractivity (Wildman–Crippen MR) is 72.4 cm³/mol. The van der Waals surface area contributed by atoms with E-state index in [0.29, 0.717) is 0 Å². The van der Waals surface area contributed by atoms with Crippen LogP contribution in [0.1, 0.15) is 18.7 Å². The summed E-state index contributed by atoms with van der Waals surface area (Å²) in [6.45, 7) is 2.09. The fraction of sp³-hybridized carbons (Fsp3) is 0.143. The largest absolute Gasteiger partial charge is 0.376 e. The SMILES string of the molecule is CC(Nc1cnc2ccccc2c1)c1ccn[nH]1. The van der Waals surface area contributed by atoms with Crippen LogP contribution in [0.25, 0.3) is 10.9 Å². The summed E-state index contributed by atoms with van der Waals surface area (Å²) in [5.74, 6) is 0. The van der Waals surface area contributed by atoms with E-state index < -0.39 is 0 Å². The van der Waals surface area contributed by atoms with E-state index in [1.807, 2.05) is 30.5 Å². The number of rotatable bonds is 3. The number of benzene rings is 1. The number of nitrogens with one attached hydrogen (secondary N) is 2. The van der Waals surface area contributed by atoms with Gasteiger partial charge in [0.15, 0.2) is 0 Å². The minimum atomic E-state index is 0.176. The molecule has 90 valence electrons. The molecule has 0 aliphatic carbocycles. The molecule has 0 fully saturated rings. The fourth-order valence-electron chi connectivity index (χ4n) is 1.99. The summed E-state index contributed by atoms with van der Waals surface area (Å²) in [5.41, 5.74) is 3.08. The Bertz CT molecular complexity index is 646. The van der Waals surface area contributed by atoms with Gasteiger partial charge in [-0.3, -0.25) is 10.1 Å². The van der Waals surface area contributed by atoms with Crippen LogP contribution in [0.2, 0.25) is 0 Å². The molecule has 4 nitrogen and oxygen atoms in total. The first-order valence-corrected chi connectivity index (χ1v) is 5.93. The maximum absolute atomic E-state index is 4.43. The Morgan fingerprint density at radius 2 is 2.11 bits per heavy atom. The second kappa shape index (κ2) is 4.49. The third-order valence-corrected chi connectivity index (χ3v) is 2.96. The van der Waals surface area contributed by atoms with Gasteiger partial charge >= 0.3 is 0 Å². The van der Waals surface area contributed by atoms with Crippen LogP contribution in [-0.2, 0) is 0 Å². The number of anilines is 1. The summed E-state index contributed by atoms with van der Waals surface area (Å²) in [4.78, 5) is 4.43. The molecule has 0 spiro atoms. The molecular weight excluding hydrogens is 224 g/mol. The van der Waals surface area contributed by atoms with Crippen LogP contribution in [0.5, 0.6) is 0 Å². The number of pyridine rings is 1.